The molecule has 116 valence electrons. The van der Waals surface area contributed by atoms with Gasteiger partial charge >= 0.3 is 0 Å². The van der Waals surface area contributed by atoms with Gasteiger partial charge in [0.1, 0.15) is 0 Å². The lowest BCUT2D eigenvalue weighted by molar-refractivity contribution is -0.394. The van der Waals surface area contributed by atoms with Gasteiger partial charge in [0.15, 0.2) is 0 Å². The highest BCUT2D eigenvalue weighted by Crippen LogP contribution is 2.23. The van der Waals surface area contributed by atoms with Crippen molar-refractivity contribution < 1.29 is 9.85 Å². The molecule has 0 fully saturated rings. The lowest BCUT2D eigenvalue weighted by Gasteiger charge is -2.10. The summed E-state index contributed by atoms with van der Waals surface area (Å²) < 4.78 is 0.471. The number of nitro benzene ring substituents is 2. The first-order chi connectivity index (χ1) is 10.3. The van der Waals surface area contributed by atoms with Crippen molar-refractivity contribution in [2.45, 2.75) is 0 Å². The van der Waals surface area contributed by atoms with E-state index in [-0.39, 0.29) is 11.4 Å². The molecule has 1 aromatic carbocycles. The number of halogens is 1. The molecule has 1 heterocycles. The van der Waals surface area contributed by atoms with Gasteiger partial charge in [-0.25, -0.2) is 0 Å². The fourth-order valence-corrected chi connectivity index (χ4v) is 2.05. The number of hydrogen-bond donors (Lipinski definition) is 0. The van der Waals surface area contributed by atoms with Crippen LogP contribution in [0, 0.1) is 23.8 Å². The fourth-order valence-electron chi connectivity index (χ4n) is 1.41. The SMILES string of the molecule is CN(C)c1ccncc1.O=[N+]([O-])c1cc(I)cc([N+](=O)[O-])c1. The van der Waals surface area contributed by atoms with Crippen LogP contribution in [0.3, 0.4) is 0 Å². The Kier molecular flexibility index (Phi) is 6.63. The Labute approximate surface area is 140 Å². The van der Waals surface area contributed by atoms with Gasteiger partial charge in [-0.05, 0) is 34.7 Å². The Bertz CT molecular complexity index is 632. The standard InChI is InChI=1S/C7H10N2.C6H3IN2O4/c1-9(2)7-3-5-8-6-4-7;7-4-1-5(8(10)11)3-6(2-4)9(12)13/h3-6H,1-2H3;1-3H. The largest absolute Gasteiger partial charge is 0.378 e. The van der Waals surface area contributed by atoms with E-state index in [1.54, 1.807) is 35.0 Å². The van der Waals surface area contributed by atoms with Gasteiger partial charge in [0.2, 0.25) is 0 Å². The summed E-state index contributed by atoms with van der Waals surface area (Å²) in [7, 11) is 4.02. The van der Waals surface area contributed by atoms with E-state index in [2.05, 4.69) is 4.98 Å². The number of benzene rings is 1. The first kappa shape index (κ1) is 17.8. The third-order valence-electron chi connectivity index (χ3n) is 2.47. The molecule has 22 heavy (non-hydrogen) atoms. The topological polar surface area (TPSA) is 102 Å². The van der Waals surface area contributed by atoms with Crippen LogP contribution in [0.15, 0.2) is 42.7 Å². The van der Waals surface area contributed by atoms with E-state index < -0.39 is 9.85 Å². The number of pyridine rings is 1. The average molecular weight is 416 g/mol. The first-order valence-electron chi connectivity index (χ1n) is 5.98. The number of anilines is 1. The summed E-state index contributed by atoms with van der Waals surface area (Å²) in [5.74, 6) is 0. The molecule has 1 aromatic heterocycles. The molecular weight excluding hydrogens is 403 g/mol. The minimum Gasteiger partial charge on any atom is -0.378 e. The van der Waals surface area contributed by atoms with Crippen LogP contribution in [0.25, 0.3) is 0 Å². The summed E-state index contributed by atoms with van der Waals surface area (Å²) in [6.45, 7) is 0. The highest BCUT2D eigenvalue weighted by molar-refractivity contribution is 14.1. The van der Waals surface area contributed by atoms with Crippen LogP contribution in [0.2, 0.25) is 0 Å². The first-order valence-corrected chi connectivity index (χ1v) is 7.06. The smallest absolute Gasteiger partial charge is 0.277 e. The number of non-ortho nitro benzene ring substituents is 2. The average Bonchev–Trinajstić information content (AvgIpc) is 2.48. The van der Waals surface area contributed by atoms with Crippen LogP contribution >= 0.6 is 22.6 Å². The van der Waals surface area contributed by atoms with Crippen LogP contribution < -0.4 is 4.90 Å². The van der Waals surface area contributed by atoms with Crippen molar-refractivity contribution in [3.8, 4) is 0 Å². The van der Waals surface area contributed by atoms with E-state index in [0.717, 1.165) is 6.07 Å². The predicted octanol–water partition coefficient (Wildman–Crippen LogP) is 3.26. The summed E-state index contributed by atoms with van der Waals surface area (Å²) in [6.07, 6.45) is 3.57. The monoisotopic (exact) mass is 416 g/mol. The van der Waals surface area contributed by atoms with Crippen molar-refractivity contribution >= 4 is 39.7 Å². The second-order valence-corrected chi connectivity index (χ2v) is 5.53. The molecule has 0 bridgehead atoms. The maximum atomic E-state index is 10.3. The second-order valence-electron chi connectivity index (χ2n) is 4.28. The molecule has 0 saturated heterocycles. The third kappa shape index (κ3) is 5.60. The fraction of sp³-hybridized carbons (Fsp3) is 0.154. The van der Waals surface area contributed by atoms with E-state index in [0.29, 0.717) is 3.57 Å². The van der Waals surface area contributed by atoms with Crippen LogP contribution in [-0.4, -0.2) is 28.9 Å². The molecule has 0 N–H and O–H groups in total. The van der Waals surface area contributed by atoms with E-state index in [1.807, 2.05) is 31.1 Å². The highest BCUT2D eigenvalue weighted by atomic mass is 127. The predicted molar refractivity (Wildman–Crippen MR) is 91.0 cm³/mol. The molecule has 9 heteroatoms. The summed E-state index contributed by atoms with van der Waals surface area (Å²) in [4.78, 5) is 25.2. The number of rotatable bonds is 3. The van der Waals surface area contributed by atoms with Crippen molar-refractivity contribution in [1.82, 2.24) is 4.98 Å². The molecular formula is C13H13IN4O4. The minimum absolute atomic E-state index is 0.265. The number of nitro groups is 2. The molecule has 2 rings (SSSR count). The summed E-state index contributed by atoms with van der Waals surface area (Å²) in [5, 5.41) is 20.6. The van der Waals surface area contributed by atoms with Gasteiger partial charge in [-0.15, -0.1) is 0 Å². The van der Waals surface area contributed by atoms with Crippen molar-refractivity contribution in [1.29, 1.82) is 0 Å². The quantitative estimate of drug-likeness (QED) is 0.433. The van der Waals surface area contributed by atoms with Gasteiger partial charge in [-0.3, -0.25) is 25.2 Å². The van der Waals surface area contributed by atoms with Crippen molar-refractivity contribution in [3.05, 3.63) is 66.5 Å². The Balaban J connectivity index is 0.000000235. The molecule has 2 aromatic rings. The maximum absolute atomic E-state index is 10.3. The van der Waals surface area contributed by atoms with Gasteiger partial charge in [0.05, 0.1) is 15.9 Å². The molecule has 8 nitrogen and oxygen atoms in total. The van der Waals surface area contributed by atoms with Crippen LogP contribution in [-0.2, 0) is 0 Å². The van der Waals surface area contributed by atoms with E-state index in [1.165, 1.54) is 17.8 Å². The molecule has 0 spiro atoms. The zero-order chi connectivity index (χ0) is 16.7. The lowest BCUT2D eigenvalue weighted by Crippen LogP contribution is -2.07. The summed E-state index contributed by atoms with van der Waals surface area (Å²) in [5.41, 5.74) is 0.655. The molecule has 0 aliphatic carbocycles. The van der Waals surface area contributed by atoms with Crippen LogP contribution in [0.1, 0.15) is 0 Å². The molecule has 0 radical (unpaired) electrons. The highest BCUT2D eigenvalue weighted by Gasteiger charge is 2.14. The number of nitrogens with zero attached hydrogens (tertiary/aromatic N) is 4. The van der Waals surface area contributed by atoms with Crippen molar-refractivity contribution in [3.63, 3.8) is 0 Å². The Morgan fingerprint density at radius 3 is 1.77 bits per heavy atom. The van der Waals surface area contributed by atoms with Gasteiger partial charge in [0.25, 0.3) is 11.4 Å². The van der Waals surface area contributed by atoms with E-state index >= 15 is 0 Å². The van der Waals surface area contributed by atoms with Gasteiger partial charge in [0, 0.05) is 47.9 Å². The van der Waals surface area contributed by atoms with Gasteiger partial charge in [-0.2, -0.15) is 0 Å². The van der Waals surface area contributed by atoms with Crippen molar-refractivity contribution in [2.24, 2.45) is 0 Å². The normalized spacial score (nSPS) is 9.41. The Hall–Kier alpha value is -2.30. The van der Waals surface area contributed by atoms with E-state index in [9.17, 15) is 20.2 Å². The maximum Gasteiger partial charge on any atom is 0.277 e. The zero-order valence-corrected chi connectivity index (χ0v) is 14.0. The molecule has 0 aliphatic heterocycles. The minimum atomic E-state index is -0.658. The van der Waals surface area contributed by atoms with Crippen molar-refractivity contribution in [2.75, 3.05) is 19.0 Å². The second kappa shape index (κ2) is 8.22. The number of hydrogen-bond acceptors (Lipinski definition) is 6. The third-order valence-corrected chi connectivity index (χ3v) is 3.09. The van der Waals surface area contributed by atoms with Gasteiger partial charge in [-0.1, -0.05) is 0 Å². The van der Waals surface area contributed by atoms with Gasteiger partial charge < -0.3 is 4.90 Å². The molecule has 0 aliphatic rings. The van der Waals surface area contributed by atoms with Crippen LogP contribution in [0.5, 0.6) is 0 Å². The Morgan fingerprint density at radius 1 is 1.00 bits per heavy atom. The number of aromatic nitrogens is 1. The molecule has 0 amide bonds. The zero-order valence-electron chi connectivity index (χ0n) is 11.8. The summed E-state index contributed by atoms with van der Waals surface area (Å²) >= 11 is 1.79. The summed E-state index contributed by atoms with van der Waals surface area (Å²) in [6, 6.07) is 7.42. The molecule has 0 atom stereocenters. The molecule has 0 unspecified atom stereocenters. The Morgan fingerprint density at radius 2 is 1.45 bits per heavy atom. The van der Waals surface area contributed by atoms with E-state index in [4.69, 9.17) is 0 Å². The van der Waals surface area contributed by atoms with Crippen LogP contribution in [0.4, 0.5) is 17.1 Å². The molecule has 0 saturated carbocycles. The lowest BCUT2D eigenvalue weighted by atomic mass is 10.3.